The van der Waals surface area contributed by atoms with Gasteiger partial charge in [-0.15, -0.1) is 0 Å². The first-order chi connectivity index (χ1) is 14.2. The smallest absolute Gasteiger partial charge is 0.251 e. The van der Waals surface area contributed by atoms with Crippen LogP contribution in [0.3, 0.4) is 0 Å². The van der Waals surface area contributed by atoms with Gasteiger partial charge in [0.05, 0.1) is 0 Å². The zero-order chi connectivity index (χ0) is 21.7. The standard InChI is InChI=1S/C23H31N5O2/c1-16(26-21(30)17-6-8-18(9-7-17)23(2,3)4)20(29)27-19-10-14-28(15-11-19)22-24-12-5-13-25-22/h5-9,12-13,16,19H,10-11,14-15H2,1-4H3,(H,26,30)(H,27,29). The van der Waals surface area contributed by atoms with Gasteiger partial charge in [-0.05, 0) is 48.9 Å². The molecule has 0 saturated carbocycles. The van der Waals surface area contributed by atoms with Crippen LogP contribution < -0.4 is 15.5 Å². The molecule has 1 aliphatic heterocycles. The molecule has 2 aromatic rings. The van der Waals surface area contributed by atoms with Gasteiger partial charge in [0.1, 0.15) is 6.04 Å². The molecule has 0 spiro atoms. The van der Waals surface area contributed by atoms with E-state index in [4.69, 9.17) is 0 Å². The van der Waals surface area contributed by atoms with E-state index in [1.165, 1.54) is 0 Å². The summed E-state index contributed by atoms with van der Waals surface area (Å²) in [5, 5.41) is 5.85. The van der Waals surface area contributed by atoms with Gasteiger partial charge in [-0.1, -0.05) is 32.9 Å². The molecule has 1 aromatic heterocycles. The number of hydrogen-bond acceptors (Lipinski definition) is 5. The number of rotatable bonds is 5. The first kappa shape index (κ1) is 21.7. The van der Waals surface area contributed by atoms with E-state index in [-0.39, 0.29) is 23.3 Å². The van der Waals surface area contributed by atoms with Crippen LogP contribution in [0, 0.1) is 0 Å². The van der Waals surface area contributed by atoms with Crippen LogP contribution in [-0.2, 0) is 10.2 Å². The fourth-order valence-corrected chi connectivity index (χ4v) is 3.47. The molecule has 2 N–H and O–H groups in total. The van der Waals surface area contributed by atoms with Crippen molar-refractivity contribution in [2.75, 3.05) is 18.0 Å². The summed E-state index contributed by atoms with van der Waals surface area (Å²) < 4.78 is 0. The maximum atomic E-state index is 12.6. The summed E-state index contributed by atoms with van der Waals surface area (Å²) in [7, 11) is 0. The van der Waals surface area contributed by atoms with E-state index in [1.54, 1.807) is 25.4 Å². The third-order valence-electron chi connectivity index (χ3n) is 5.43. The molecule has 0 radical (unpaired) electrons. The van der Waals surface area contributed by atoms with Crippen LogP contribution in [0.2, 0.25) is 0 Å². The summed E-state index contributed by atoms with van der Waals surface area (Å²) in [6.45, 7) is 9.68. The van der Waals surface area contributed by atoms with Gasteiger partial charge in [0.25, 0.3) is 5.91 Å². The first-order valence-corrected chi connectivity index (χ1v) is 10.5. The van der Waals surface area contributed by atoms with E-state index in [9.17, 15) is 9.59 Å². The van der Waals surface area contributed by atoms with Crippen molar-refractivity contribution in [3.63, 3.8) is 0 Å². The Hall–Kier alpha value is -2.96. The van der Waals surface area contributed by atoms with Gasteiger partial charge in [-0.3, -0.25) is 9.59 Å². The third kappa shape index (κ3) is 5.55. The second-order valence-electron chi connectivity index (χ2n) is 8.84. The van der Waals surface area contributed by atoms with Crippen molar-refractivity contribution < 1.29 is 9.59 Å². The van der Waals surface area contributed by atoms with E-state index >= 15 is 0 Å². The topological polar surface area (TPSA) is 87.2 Å². The second-order valence-corrected chi connectivity index (χ2v) is 8.84. The molecule has 30 heavy (non-hydrogen) atoms. The largest absolute Gasteiger partial charge is 0.351 e. The van der Waals surface area contributed by atoms with Crippen molar-refractivity contribution in [1.82, 2.24) is 20.6 Å². The number of carbonyl (C=O) groups excluding carboxylic acids is 2. The van der Waals surface area contributed by atoms with E-state index in [1.807, 2.05) is 24.3 Å². The highest BCUT2D eigenvalue weighted by atomic mass is 16.2. The normalized spacial score (nSPS) is 16.1. The first-order valence-electron chi connectivity index (χ1n) is 10.5. The van der Waals surface area contributed by atoms with E-state index in [0.717, 1.165) is 37.4 Å². The van der Waals surface area contributed by atoms with Crippen LogP contribution in [0.15, 0.2) is 42.7 Å². The maximum Gasteiger partial charge on any atom is 0.251 e. The fraction of sp³-hybridized carbons (Fsp3) is 0.478. The molecule has 2 heterocycles. The van der Waals surface area contributed by atoms with Gasteiger partial charge in [0.2, 0.25) is 11.9 Å². The molecule has 160 valence electrons. The molecule has 0 bridgehead atoms. The van der Waals surface area contributed by atoms with Gasteiger partial charge in [0.15, 0.2) is 0 Å². The van der Waals surface area contributed by atoms with Crippen molar-refractivity contribution in [2.24, 2.45) is 0 Å². The summed E-state index contributed by atoms with van der Waals surface area (Å²) in [5.41, 5.74) is 1.75. The quantitative estimate of drug-likeness (QED) is 0.793. The Balaban J connectivity index is 1.47. The Morgan fingerprint density at radius 2 is 1.67 bits per heavy atom. The van der Waals surface area contributed by atoms with Gasteiger partial charge in [-0.2, -0.15) is 0 Å². The number of anilines is 1. The highest BCUT2D eigenvalue weighted by Gasteiger charge is 2.25. The molecular formula is C23H31N5O2. The summed E-state index contributed by atoms with van der Waals surface area (Å²) in [5.74, 6) is 0.318. The van der Waals surface area contributed by atoms with E-state index in [2.05, 4.69) is 46.3 Å². The zero-order valence-corrected chi connectivity index (χ0v) is 18.2. The number of nitrogens with one attached hydrogen (secondary N) is 2. The molecule has 3 rings (SSSR count). The Labute approximate surface area is 178 Å². The summed E-state index contributed by atoms with van der Waals surface area (Å²) >= 11 is 0. The highest BCUT2D eigenvalue weighted by molar-refractivity contribution is 5.97. The van der Waals surface area contributed by atoms with Gasteiger partial charge >= 0.3 is 0 Å². The minimum absolute atomic E-state index is 0.0321. The van der Waals surface area contributed by atoms with Crippen LogP contribution >= 0.6 is 0 Å². The van der Waals surface area contributed by atoms with Crippen LogP contribution in [0.25, 0.3) is 0 Å². The number of hydrogen-bond donors (Lipinski definition) is 2. The molecule has 1 unspecified atom stereocenters. The number of piperidine rings is 1. The van der Waals surface area contributed by atoms with Crippen molar-refractivity contribution in [3.8, 4) is 0 Å². The molecule has 1 atom stereocenters. The number of amides is 2. The fourth-order valence-electron chi connectivity index (χ4n) is 3.47. The van der Waals surface area contributed by atoms with Crippen LogP contribution in [-0.4, -0.2) is 47.0 Å². The Kier molecular flexibility index (Phi) is 6.70. The lowest BCUT2D eigenvalue weighted by Crippen LogP contribution is -2.51. The van der Waals surface area contributed by atoms with Gasteiger partial charge < -0.3 is 15.5 Å². The molecule has 1 fully saturated rings. The van der Waals surface area contributed by atoms with Crippen LogP contribution in [0.5, 0.6) is 0 Å². The molecule has 0 aliphatic carbocycles. The maximum absolute atomic E-state index is 12.6. The molecule has 1 aromatic carbocycles. The van der Waals surface area contributed by atoms with Crippen molar-refractivity contribution in [1.29, 1.82) is 0 Å². The zero-order valence-electron chi connectivity index (χ0n) is 18.2. The van der Waals surface area contributed by atoms with E-state index in [0.29, 0.717) is 5.56 Å². The molecule has 7 heteroatoms. The third-order valence-corrected chi connectivity index (χ3v) is 5.43. The lowest BCUT2D eigenvalue weighted by Gasteiger charge is -2.32. The van der Waals surface area contributed by atoms with Crippen LogP contribution in [0.1, 0.15) is 56.5 Å². The van der Waals surface area contributed by atoms with Crippen molar-refractivity contribution in [2.45, 2.75) is 58.0 Å². The molecule has 7 nitrogen and oxygen atoms in total. The molecule has 2 amide bonds. The predicted octanol–water partition coefficient (Wildman–Crippen LogP) is 2.68. The summed E-state index contributed by atoms with van der Waals surface area (Å²) in [6, 6.07) is 8.82. The summed E-state index contributed by atoms with van der Waals surface area (Å²) in [4.78, 5) is 35.7. The summed E-state index contributed by atoms with van der Waals surface area (Å²) in [6.07, 6.45) is 5.10. The average Bonchev–Trinajstić information content (AvgIpc) is 2.74. The Morgan fingerprint density at radius 3 is 2.23 bits per heavy atom. The van der Waals surface area contributed by atoms with Crippen molar-refractivity contribution in [3.05, 3.63) is 53.9 Å². The lowest BCUT2D eigenvalue weighted by atomic mass is 9.86. The Morgan fingerprint density at radius 1 is 1.07 bits per heavy atom. The monoisotopic (exact) mass is 409 g/mol. The van der Waals surface area contributed by atoms with Gasteiger partial charge in [0, 0.05) is 37.1 Å². The minimum Gasteiger partial charge on any atom is -0.351 e. The highest BCUT2D eigenvalue weighted by Crippen LogP contribution is 2.22. The average molecular weight is 410 g/mol. The number of carbonyl (C=O) groups is 2. The lowest BCUT2D eigenvalue weighted by molar-refractivity contribution is -0.123. The number of benzene rings is 1. The van der Waals surface area contributed by atoms with Crippen LogP contribution in [0.4, 0.5) is 5.95 Å². The predicted molar refractivity (Wildman–Crippen MR) is 117 cm³/mol. The van der Waals surface area contributed by atoms with Gasteiger partial charge in [-0.25, -0.2) is 9.97 Å². The second kappa shape index (κ2) is 9.24. The number of aromatic nitrogens is 2. The van der Waals surface area contributed by atoms with E-state index < -0.39 is 6.04 Å². The molecule has 1 saturated heterocycles. The SMILES string of the molecule is CC(NC(=O)c1ccc(C(C)(C)C)cc1)C(=O)NC1CCN(c2ncccn2)CC1. The number of nitrogens with zero attached hydrogens (tertiary/aromatic N) is 3. The molecule has 1 aliphatic rings. The minimum atomic E-state index is -0.602. The Bertz CT molecular complexity index is 853. The molecular weight excluding hydrogens is 378 g/mol. The van der Waals surface area contributed by atoms with Crippen molar-refractivity contribution >= 4 is 17.8 Å².